The zero-order valence-electron chi connectivity index (χ0n) is 15.2. The SMILES string of the molecule is CCCCCCOCCOCCOCCOCCN1C(=O)C=CC1=O. The van der Waals surface area contributed by atoms with Crippen molar-refractivity contribution in [1.29, 1.82) is 0 Å². The number of ether oxygens (including phenoxy) is 4. The van der Waals surface area contributed by atoms with Crippen LogP contribution in [0.15, 0.2) is 12.2 Å². The third kappa shape index (κ3) is 11.0. The smallest absolute Gasteiger partial charge is 0.253 e. The maximum absolute atomic E-state index is 11.3. The predicted octanol–water partition coefficient (Wildman–Crippen LogP) is 1.56. The average Bonchev–Trinajstić information content (AvgIpc) is 2.93. The molecule has 1 aliphatic rings. The van der Waals surface area contributed by atoms with E-state index in [1.807, 2.05) is 0 Å². The molecule has 2 amide bonds. The van der Waals surface area contributed by atoms with E-state index in [1.54, 1.807) is 0 Å². The zero-order valence-corrected chi connectivity index (χ0v) is 15.2. The average molecular weight is 357 g/mol. The van der Waals surface area contributed by atoms with Crippen LogP contribution in [-0.4, -0.2) is 76.1 Å². The number of amides is 2. The van der Waals surface area contributed by atoms with E-state index in [0.29, 0.717) is 46.2 Å². The van der Waals surface area contributed by atoms with Crippen molar-refractivity contribution in [2.75, 3.05) is 59.4 Å². The van der Waals surface area contributed by atoms with E-state index in [4.69, 9.17) is 18.9 Å². The molecular formula is C18H31NO6. The van der Waals surface area contributed by atoms with E-state index in [0.717, 1.165) is 17.9 Å². The fraction of sp³-hybridized carbons (Fsp3) is 0.778. The second-order valence-corrected chi connectivity index (χ2v) is 5.67. The van der Waals surface area contributed by atoms with Gasteiger partial charge < -0.3 is 18.9 Å². The molecule has 0 radical (unpaired) electrons. The molecule has 7 heteroatoms. The van der Waals surface area contributed by atoms with Gasteiger partial charge in [-0.15, -0.1) is 0 Å². The van der Waals surface area contributed by atoms with E-state index in [-0.39, 0.29) is 18.4 Å². The highest BCUT2D eigenvalue weighted by Gasteiger charge is 2.22. The Labute approximate surface area is 150 Å². The van der Waals surface area contributed by atoms with Gasteiger partial charge in [0, 0.05) is 18.8 Å². The topological polar surface area (TPSA) is 74.3 Å². The van der Waals surface area contributed by atoms with Crippen LogP contribution in [0.25, 0.3) is 0 Å². The molecule has 0 fully saturated rings. The molecule has 1 aliphatic heterocycles. The highest BCUT2D eigenvalue weighted by Crippen LogP contribution is 2.02. The van der Waals surface area contributed by atoms with Crippen LogP contribution in [0, 0.1) is 0 Å². The summed E-state index contributed by atoms with van der Waals surface area (Å²) in [6, 6.07) is 0. The van der Waals surface area contributed by atoms with Crippen molar-refractivity contribution < 1.29 is 28.5 Å². The molecule has 0 aliphatic carbocycles. The van der Waals surface area contributed by atoms with Crippen molar-refractivity contribution >= 4 is 11.8 Å². The molecule has 0 aromatic rings. The first kappa shape index (κ1) is 21.8. The maximum Gasteiger partial charge on any atom is 0.253 e. The van der Waals surface area contributed by atoms with Gasteiger partial charge in [0.1, 0.15) is 0 Å². The molecule has 0 N–H and O–H groups in total. The molecule has 0 saturated carbocycles. The fourth-order valence-electron chi connectivity index (χ4n) is 2.20. The van der Waals surface area contributed by atoms with Crippen LogP contribution in [0.3, 0.4) is 0 Å². The summed E-state index contributed by atoms with van der Waals surface area (Å²) >= 11 is 0. The van der Waals surface area contributed by atoms with Crippen molar-refractivity contribution in [3.05, 3.63) is 12.2 Å². The second kappa shape index (κ2) is 15.0. The van der Waals surface area contributed by atoms with Crippen molar-refractivity contribution in [2.24, 2.45) is 0 Å². The minimum Gasteiger partial charge on any atom is -0.379 e. The molecule has 0 aromatic carbocycles. The molecule has 0 saturated heterocycles. The summed E-state index contributed by atoms with van der Waals surface area (Å²) in [5, 5.41) is 0. The van der Waals surface area contributed by atoms with Gasteiger partial charge in [-0.25, -0.2) is 0 Å². The Morgan fingerprint density at radius 1 is 0.680 bits per heavy atom. The summed E-state index contributed by atoms with van der Waals surface area (Å²) in [5.41, 5.74) is 0. The fourth-order valence-corrected chi connectivity index (χ4v) is 2.20. The lowest BCUT2D eigenvalue weighted by Gasteiger charge is -2.13. The number of imide groups is 1. The number of carbonyl (C=O) groups is 2. The lowest BCUT2D eigenvalue weighted by Crippen LogP contribution is -2.33. The molecular weight excluding hydrogens is 326 g/mol. The molecule has 144 valence electrons. The molecule has 0 spiro atoms. The van der Waals surface area contributed by atoms with Crippen LogP contribution in [-0.2, 0) is 28.5 Å². The van der Waals surface area contributed by atoms with Crippen LogP contribution >= 0.6 is 0 Å². The number of hydrogen-bond acceptors (Lipinski definition) is 6. The lowest BCUT2D eigenvalue weighted by molar-refractivity contribution is -0.137. The molecule has 1 heterocycles. The van der Waals surface area contributed by atoms with Crippen molar-refractivity contribution in [1.82, 2.24) is 4.90 Å². The monoisotopic (exact) mass is 357 g/mol. The van der Waals surface area contributed by atoms with Crippen LogP contribution < -0.4 is 0 Å². The van der Waals surface area contributed by atoms with E-state index >= 15 is 0 Å². The first-order valence-corrected chi connectivity index (χ1v) is 9.10. The molecule has 25 heavy (non-hydrogen) atoms. The van der Waals surface area contributed by atoms with E-state index < -0.39 is 0 Å². The minimum absolute atomic E-state index is 0.270. The quantitative estimate of drug-likeness (QED) is 0.290. The van der Waals surface area contributed by atoms with Gasteiger partial charge in [0.15, 0.2) is 0 Å². The largest absolute Gasteiger partial charge is 0.379 e. The van der Waals surface area contributed by atoms with Crippen molar-refractivity contribution in [3.8, 4) is 0 Å². The first-order valence-electron chi connectivity index (χ1n) is 9.10. The molecule has 0 atom stereocenters. The molecule has 7 nitrogen and oxygen atoms in total. The van der Waals surface area contributed by atoms with Crippen molar-refractivity contribution in [2.45, 2.75) is 32.6 Å². The normalized spacial score (nSPS) is 14.0. The number of hydrogen-bond donors (Lipinski definition) is 0. The Bertz CT molecular complexity index is 381. The van der Waals surface area contributed by atoms with Gasteiger partial charge in [-0.3, -0.25) is 14.5 Å². The standard InChI is InChI=1S/C18H31NO6/c1-2-3-4-5-9-22-11-13-24-15-16-25-14-12-23-10-8-19-17(20)6-7-18(19)21/h6-7H,2-5,8-16H2,1H3. The highest BCUT2D eigenvalue weighted by atomic mass is 16.6. The Morgan fingerprint density at radius 2 is 1.16 bits per heavy atom. The van der Waals surface area contributed by atoms with E-state index in [9.17, 15) is 9.59 Å². The van der Waals surface area contributed by atoms with Crippen LogP contribution in [0.5, 0.6) is 0 Å². The van der Waals surface area contributed by atoms with E-state index in [1.165, 1.54) is 31.4 Å². The highest BCUT2D eigenvalue weighted by molar-refractivity contribution is 6.12. The third-order valence-electron chi connectivity index (χ3n) is 3.62. The van der Waals surface area contributed by atoms with Gasteiger partial charge in [0.2, 0.25) is 0 Å². The van der Waals surface area contributed by atoms with Gasteiger partial charge in [-0.05, 0) is 6.42 Å². The predicted molar refractivity (Wildman–Crippen MR) is 93.3 cm³/mol. The first-order chi connectivity index (χ1) is 12.3. The minimum atomic E-state index is -0.285. The van der Waals surface area contributed by atoms with Crippen LogP contribution in [0.1, 0.15) is 32.6 Å². The van der Waals surface area contributed by atoms with Gasteiger partial charge >= 0.3 is 0 Å². The summed E-state index contributed by atoms with van der Waals surface area (Å²) in [5.74, 6) is -0.570. The van der Waals surface area contributed by atoms with Gasteiger partial charge in [0.25, 0.3) is 11.8 Å². The molecule has 0 aromatic heterocycles. The Balaban J connectivity index is 1.73. The molecule has 0 unspecified atom stereocenters. The Morgan fingerprint density at radius 3 is 1.68 bits per heavy atom. The second-order valence-electron chi connectivity index (χ2n) is 5.67. The summed E-state index contributed by atoms with van der Waals surface area (Å²) in [7, 11) is 0. The summed E-state index contributed by atoms with van der Waals surface area (Å²) in [4.78, 5) is 23.7. The Kier molecular flexibility index (Phi) is 13.1. The number of unbranched alkanes of at least 4 members (excludes halogenated alkanes) is 3. The summed E-state index contributed by atoms with van der Waals surface area (Å²) < 4.78 is 21.6. The van der Waals surface area contributed by atoms with Gasteiger partial charge in [0.05, 0.1) is 52.8 Å². The summed E-state index contributed by atoms with van der Waals surface area (Å²) in [6.45, 7) is 6.70. The Hall–Kier alpha value is -1.28. The number of nitrogens with zero attached hydrogens (tertiary/aromatic N) is 1. The van der Waals surface area contributed by atoms with Crippen LogP contribution in [0.4, 0.5) is 0 Å². The number of rotatable bonds is 17. The zero-order chi connectivity index (χ0) is 18.2. The van der Waals surface area contributed by atoms with Gasteiger partial charge in [-0.1, -0.05) is 26.2 Å². The third-order valence-corrected chi connectivity index (χ3v) is 3.62. The van der Waals surface area contributed by atoms with Crippen LogP contribution in [0.2, 0.25) is 0 Å². The molecule has 0 bridgehead atoms. The van der Waals surface area contributed by atoms with Gasteiger partial charge in [-0.2, -0.15) is 0 Å². The number of carbonyl (C=O) groups excluding carboxylic acids is 2. The molecule has 1 rings (SSSR count). The van der Waals surface area contributed by atoms with Crippen molar-refractivity contribution in [3.63, 3.8) is 0 Å². The summed E-state index contributed by atoms with van der Waals surface area (Å²) in [6.07, 6.45) is 7.39. The maximum atomic E-state index is 11.3. The van der Waals surface area contributed by atoms with E-state index in [2.05, 4.69) is 6.92 Å². The lowest BCUT2D eigenvalue weighted by atomic mass is 10.2.